The largest absolute Gasteiger partial charge is 0.361 e. The Kier molecular flexibility index (Phi) is 4.77. The number of rotatable bonds is 4. The minimum atomic E-state index is -0.383. The van der Waals surface area contributed by atoms with Gasteiger partial charge in [0.05, 0.1) is 5.57 Å². The predicted molar refractivity (Wildman–Crippen MR) is 106 cm³/mol. The molecule has 2 aromatic rings. The van der Waals surface area contributed by atoms with E-state index < -0.39 is 0 Å². The van der Waals surface area contributed by atoms with Crippen LogP contribution in [0.3, 0.4) is 0 Å². The van der Waals surface area contributed by atoms with Crippen LogP contribution in [0.25, 0.3) is 5.57 Å². The second-order valence-corrected chi connectivity index (χ2v) is 7.19. The maximum absolute atomic E-state index is 12.2. The molecule has 2 aromatic carbocycles. The maximum Gasteiger partial charge on any atom is 0.260 e. The Morgan fingerprint density at radius 2 is 1.81 bits per heavy atom. The van der Waals surface area contributed by atoms with Crippen LogP contribution in [0.5, 0.6) is 0 Å². The van der Waals surface area contributed by atoms with Crippen LogP contribution in [0.1, 0.15) is 41.3 Å². The van der Waals surface area contributed by atoms with Crippen molar-refractivity contribution < 1.29 is 9.59 Å². The van der Waals surface area contributed by atoms with Gasteiger partial charge in [0.25, 0.3) is 11.8 Å². The van der Waals surface area contributed by atoms with Crippen molar-refractivity contribution in [3.8, 4) is 0 Å². The molecule has 2 amide bonds. The quantitative estimate of drug-likeness (QED) is 0.647. The lowest BCUT2D eigenvalue weighted by Crippen LogP contribution is -2.36. The minimum Gasteiger partial charge on any atom is -0.361 e. The second kappa shape index (κ2) is 7.37. The molecule has 2 aliphatic heterocycles. The number of fused-ring (bicyclic) bond motifs is 1. The van der Waals surface area contributed by atoms with E-state index in [2.05, 4.69) is 34.6 Å². The van der Waals surface area contributed by atoms with Crippen molar-refractivity contribution in [3.63, 3.8) is 0 Å². The van der Waals surface area contributed by atoms with Crippen molar-refractivity contribution >= 4 is 23.1 Å². The summed E-state index contributed by atoms with van der Waals surface area (Å²) in [6.45, 7) is 4.42. The third-order valence-corrected chi connectivity index (χ3v) is 5.35. The van der Waals surface area contributed by atoms with Crippen LogP contribution in [0.15, 0.2) is 54.7 Å². The Morgan fingerprint density at radius 1 is 1.07 bits per heavy atom. The number of anilines is 1. The van der Waals surface area contributed by atoms with Crippen molar-refractivity contribution in [1.82, 2.24) is 10.2 Å². The van der Waals surface area contributed by atoms with E-state index in [1.807, 2.05) is 18.2 Å². The van der Waals surface area contributed by atoms with Gasteiger partial charge < -0.3 is 5.32 Å². The maximum atomic E-state index is 12.2. The van der Waals surface area contributed by atoms with Gasteiger partial charge in [-0.3, -0.25) is 19.8 Å². The van der Waals surface area contributed by atoms with Crippen LogP contribution < -0.4 is 10.6 Å². The number of nitrogens with one attached hydrogen (secondary N) is 2. The summed E-state index contributed by atoms with van der Waals surface area (Å²) < 4.78 is 0. The first-order valence-corrected chi connectivity index (χ1v) is 9.36. The van der Waals surface area contributed by atoms with E-state index in [-0.39, 0.29) is 11.8 Å². The fourth-order valence-corrected chi connectivity index (χ4v) is 3.74. The molecule has 0 aromatic heterocycles. The molecular formula is C22H23N3O2. The molecule has 1 fully saturated rings. The number of carbonyl (C=O) groups excluding carboxylic acids is 2. The third kappa shape index (κ3) is 3.64. The number of amides is 2. The predicted octanol–water partition coefficient (Wildman–Crippen LogP) is 3.39. The monoisotopic (exact) mass is 361 g/mol. The zero-order valence-corrected chi connectivity index (χ0v) is 15.4. The number of hydrogen-bond donors (Lipinski definition) is 2. The zero-order chi connectivity index (χ0) is 18.8. The highest BCUT2D eigenvalue weighted by Gasteiger charge is 2.26. The highest BCUT2D eigenvalue weighted by atomic mass is 16.2. The van der Waals surface area contributed by atoms with E-state index in [4.69, 9.17) is 0 Å². The van der Waals surface area contributed by atoms with Crippen molar-refractivity contribution in [2.75, 3.05) is 11.9 Å². The van der Waals surface area contributed by atoms with E-state index in [1.54, 1.807) is 24.4 Å². The summed E-state index contributed by atoms with van der Waals surface area (Å²) in [6.07, 6.45) is 4.22. The molecule has 0 spiro atoms. The summed E-state index contributed by atoms with van der Waals surface area (Å²) in [7, 11) is 0. The summed E-state index contributed by atoms with van der Waals surface area (Å²) in [6, 6.07) is 16.1. The summed E-state index contributed by atoms with van der Waals surface area (Å²) in [4.78, 5) is 26.7. The molecule has 27 heavy (non-hydrogen) atoms. The molecule has 2 heterocycles. The number of benzene rings is 2. The molecule has 138 valence electrons. The highest BCUT2D eigenvalue weighted by molar-refractivity contribution is 6.31. The van der Waals surface area contributed by atoms with Gasteiger partial charge in [0.15, 0.2) is 0 Å². The van der Waals surface area contributed by atoms with E-state index in [0.717, 1.165) is 12.2 Å². The van der Waals surface area contributed by atoms with Crippen molar-refractivity contribution in [1.29, 1.82) is 0 Å². The van der Waals surface area contributed by atoms with E-state index >= 15 is 0 Å². The number of nitrogens with zero attached hydrogens (tertiary/aromatic N) is 1. The van der Waals surface area contributed by atoms with Gasteiger partial charge in [0, 0.05) is 35.6 Å². The van der Waals surface area contributed by atoms with Crippen LogP contribution in [-0.4, -0.2) is 29.3 Å². The van der Waals surface area contributed by atoms with Gasteiger partial charge in [0.2, 0.25) is 0 Å². The molecule has 0 saturated carbocycles. The Labute approximate surface area is 159 Å². The van der Waals surface area contributed by atoms with Crippen LogP contribution >= 0.6 is 0 Å². The van der Waals surface area contributed by atoms with Crippen LogP contribution in [-0.2, 0) is 11.3 Å². The van der Waals surface area contributed by atoms with Gasteiger partial charge in [-0.15, -0.1) is 0 Å². The SMILES string of the molecule is CC1CCCN1Cc1ccc(NC=C2C(=O)NC(=O)c3ccccc32)cc1. The molecule has 0 bridgehead atoms. The average Bonchev–Trinajstić information content (AvgIpc) is 3.07. The van der Waals surface area contributed by atoms with E-state index in [0.29, 0.717) is 22.7 Å². The lowest BCUT2D eigenvalue weighted by atomic mass is 9.96. The number of carbonyl (C=O) groups is 2. The highest BCUT2D eigenvalue weighted by Crippen LogP contribution is 2.24. The van der Waals surface area contributed by atoms with Gasteiger partial charge >= 0.3 is 0 Å². The third-order valence-electron chi connectivity index (χ3n) is 5.35. The molecule has 4 rings (SSSR count). The lowest BCUT2D eigenvalue weighted by molar-refractivity contribution is -0.114. The second-order valence-electron chi connectivity index (χ2n) is 7.19. The van der Waals surface area contributed by atoms with Gasteiger partial charge in [0.1, 0.15) is 0 Å². The molecule has 5 heteroatoms. The number of imide groups is 1. The molecule has 0 aliphatic carbocycles. The zero-order valence-electron chi connectivity index (χ0n) is 15.4. The smallest absolute Gasteiger partial charge is 0.260 e. The normalized spacial score (nSPS) is 21.2. The standard InChI is InChI=1S/C22H23N3O2/c1-15-5-4-12-25(15)14-16-8-10-17(11-9-16)23-13-20-18-6-2-3-7-19(18)21(26)24-22(20)27/h2-3,6-11,13,15,23H,4-5,12,14H2,1H3,(H,24,26,27). The molecule has 2 aliphatic rings. The van der Waals surface area contributed by atoms with Crippen molar-refractivity contribution in [2.45, 2.75) is 32.4 Å². The summed E-state index contributed by atoms with van der Waals surface area (Å²) in [5, 5.41) is 5.57. The Hall–Kier alpha value is -2.92. The van der Waals surface area contributed by atoms with E-state index in [9.17, 15) is 9.59 Å². The van der Waals surface area contributed by atoms with Gasteiger partial charge in [-0.25, -0.2) is 0 Å². The Bertz CT molecular complexity index is 902. The van der Waals surface area contributed by atoms with E-state index in [1.165, 1.54) is 24.9 Å². The molecule has 1 saturated heterocycles. The summed E-state index contributed by atoms with van der Waals surface area (Å²) in [5.74, 6) is -0.737. The minimum absolute atomic E-state index is 0.353. The first-order valence-electron chi connectivity index (χ1n) is 9.36. The molecule has 0 radical (unpaired) electrons. The average molecular weight is 361 g/mol. The summed E-state index contributed by atoms with van der Waals surface area (Å²) in [5.41, 5.74) is 3.81. The first-order chi connectivity index (χ1) is 13.1. The van der Waals surface area contributed by atoms with Crippen molar-refractivity contribution in [3.05, 3.63) is 71.4 Å². The van der Waals surface area contributed by atoms with Gasteiger partial charge in [-0.2, -0.15) is 0 Å². The van der Waals surface area contributed by atoms with Crippen LogP contribution in [0.2, 0.25) is 0 Å². The first kappa shape index (κ1) is 17.5. The van der Waals surface area contributed by atoms with Gasteiger partial charge in [-0.05, 0) is 50.1 Å². The molecule has 1 unspecified atom stereocenters. The Morgan fingerprint density at radius 3 is 2.52 bits per heavy atom. The number of likely N-dealkylation sites (tertiary alicyclic amines) is 1. The lowest BCUT2D eigenvalue weighted by Gasteiger charge is -2.21. The van der Waals surface area contributed by atoms with Crippen LogP contribution in [0.4, 0.5) is 5.69 Å². The molecule has 5 nitrogen and oxygen atoms in total. The molecular weight excluding hydrogens is 338 g/mol. The summed E-state index contributed by atoms with van der Waals surface area (Å²) >= 11 is 0. The molecule has 1 atom stereocenters. The van der Waals surface area contributed by atoms with Crippen molar-refractivity contribution in [2.24, 2.45) is 0 Å². The molecule has 2 N–H and O–H groups in total. The fraction of sp³-hybridized carbons (Fsp3) is 0.273. The topological polar surface area (TPSA) is 61.4 Å². The Balaban J connectivity index is 1.49. The van der Waals surface area contributed by atoms with Crippen LogP contribution in [0, 0.1) is 0 Å². The van der Waals surface area contributed by atoms with Gasteiger partial charge in [-0.1, -0.05) is 30.3 Å². The fourth-order valence-electron chi connectivity index (χ4n) is 3.74. The number of hydrogen-bond acceptors (Lipinski definition) is 4.